The second kappa shape index (κ2) is 7.48. The van der Waals surface area contributed by atoms with Crippen molar-refractivity contribution < 1.29 is 0 Å². The number of hydrogen-bond acceptors (Lipinski definition) is 2. The van der Waals surface area contributed by atoms with Crippen molar-refractivity contribution in [2.24, 2.45) is 0 Å². The maximum Gasteiger partial charge on any atom is 0.0642 e. The lowest BCUT2D eigenvalue weighted by Crippen LogP contribution is -2.19. The maximum absolute atomic E-state index is 6.47. The van der Waals surface area contributed by atoms with Crippen LogP contribution < -0.4 is 10.2 Å². The number of anilines is 1. The van der Waals surface area contributed by atoms with Gasteiger partial charge in [-0.25, -0.2) is 0 Å². The van der Waals surface area contributed by atoms with Gasteiger partial charge >= 0.3 is 0 Å². The summed E-state index contributed by atoms with van der Waals surface area (Å²) < 4.78 is 0. The lowest BCUT2D eigenvalue weighted by atomic mass is 10.1. The van der Waals surface area contributed by atoms with Crippen molar-refractivity contribution in [3.05, 3.63) is 64.7 Å². The van der Waals surface area contributed by atoms with E-state index in [1.165, 1.54) is 11.1 Å². The van der Waals surface area contributed by atoms with Crippen molar-refractivity contribution >= 4 is 17.3 Å². The zero-order valence-electron chi connectivity index (χ0n) is 12.9. The Labute approximate surface area is 132 Å². The molecular weight excluding hydrogens is 280 g/mol. The highest BCUT2D eigenvalue weighted by Crippen LogP contribution is 2.29. The Bertz CT molecular complexity index is 569. The molecule has 0 bridgehead atoms. The number of nitrogens with zero attached hydrogens (tertiary/aromatic N) is 1. The predicted octanol–water partition coefficient (Wildman–Crippen LogP) is 4.65. The smallest absolute Gasteiger partial charge is 0.0642 e. The van der Waals surface area contributed by atoms with Crippen molar-refractivity contribution in [3.63, 3.8) is 0 Å². The normalized spacial score (nSPS) is 12.2. The SMILES string of the molecule is CCNC(C)c1ccc(N(C)Cc2ccccc2)c(Cl)c1. The van der Waals surface area contributed by atoms with E-state index in [9.17, 15) is 0 Å². The topological polar surface area (TPSA) is 15.3 Å². The fourth-order valence-corrected chi connectivity index (χ4v) is 2.80. The van der Waals surface area contributed by atoms with Gasteiger partial charge in [0.15, 0.2) is 0 Å². The van der Waals surface area contributed by atoms with E-state index in [2.05, 4.69) is 73.6 Å². The molecule has 1 N–H and O–H groups in total. The van der Waals surface area contributed by atoms with Gasteiger partial charge in [-0.3, -0.25) is 0 Å². The summed E-state index contributed by atoms with van der Waals surface area (Å²) in [6.45, 7) is 6.07. The fourth-order valence-electron chi connectivity index (χ4n) is 2.47. The molecule has 0 aliphatic rings. The summed E-state index contributed by atoms with van der Waals surface area (Å²) in [5.74, 6) is 0. The van der Waals surface area contributed by atoms with Crippen LogP contribution >= 0.6 is 11.6 Å². The summed E-state index contributed by atoms with van der Waals surface area (Å²) >= 11 is 6.47. The molecule has 2 aromatic rings. The Morgan fingerprint density at radius 3 is 2.48 bits per heavy atom. The summed E-state index contributed by atoms with van der Waals surface area (Å²) in [5.41, 5.74) is 3.56. The quantitative estimate of drug-likeness (QED) is 0.836. The second-order valence-electron chi connectivity index (χ2n) is 5.33. The van der Waals surface area contributed by atoms with Gasteiger partial charge in [0.25, 0.3) is 0 Å². The first-order valence-electron chi connectivity index (χ1n) is 7.39. The molecule has 2 rings (SSSR count). The molecule has 0 aliphatic heterocycles. The molecule has 1 unspecified atom stereocenters. The molecule has 0 amide bonds. The van der Waals surface area contributed by atoms with E-state index in [4.69, 9.17) is 11.6 Å². The summed E-state index contributed by atoms with van der Waals surface area (Å²) in [5, 5.41) is 4.21. The maximum atomic E-state index is 6.47. The van der Waals surface area contributed by atoms with Crippen molar-refractivity contribution in [3.8, 4) is 0 Å². The molecule has 0 saturated carbocycles. The Hall–Kier alpha value is -1.51. The van der Waals surface area contributed by atoms with Crippen LogP contribution in [0.2, 0.25) is 5.02 Å². The van der Waals surface area contributed by atoms with Crippen LogP contribution in [0.5, 0.6) is 0 Å². The minimum atomic E-state index is 0.320. The van der Waals surface area contributed by atoms with Gasteiger partial charge in [0, 0.05) is 19.6 Å². The number of nitrogens with one attached hydrogen (secondary N) is 1. The Kier molecular flexibility index (Phi) is 5.66. The van der Waals surface area contributed by atoms with Gasteiger partial charge in [-0.15, -0.1) is 0 Å². The van der Waals surface area contributed by atoms with Gasteiger partial charge in [-0.2, -0.15) is 0 Å². The van der Waals surface area contributed by atoms with Crippen LogP contribution in [0, 0.1) is 0 Å². The molecule has 112 valence electrons. The van der Waals surface area contributed by atoms with Crippen LogP contribution in [-0.4, -0.2) is 13.6 Å². The molecule has 3 heteroatoms. The molecule has 2 aromatic carbocycles. The van der Waals surface area contributed by atoms with E-state index >= 15 is 0 Å². The van der Waals surface area contributed by atoms with Gasteiger partial charge in [0.1, 0.15) is 0 Å². The summed E-state index contributed by atoms with van der Waals surface area (Å²) in [4.78, 5) is 2.18. The van der Waals surface area contributed by atoms with Crippen LogP contribution in [0.1, 0.15) is 31.0 Å². The number of hydrogen-bond donors (Lipinski definition) is 1. The van der Waals surface area contributed by atoms with E-state index < -0.39 is 0 Å². The Balaban J connectivity index is 2.13. The molecule has 0 aromatic heterocycles. The highest BCUT2D eigenvalue weighted by molar-refractivity contribution is 6.33. The number of halogens is 1. The average molecular weight is 303 g/mol. The first kappa shape index (κ1) is 15.9. The average Bonchev–Trinajstić information content (AvgIpc) is 2.48. The van der Waals surface area contributed by atoms with Crippen LogP contribution in [0.25, 0.3) is 0 Å². The van der Waals surface area contributed by atoms with E-state index in [1.54, 1.807) is 0 Å². The van der Waals surface area contributed by atoms with Crippen LogP contribution in [0.15, 0.2) is 48.5 Å². The predicted molar refractivity (Wildman–Crippen MR) is 92.1 cm³/mol. The Morgan fingerprint density at radius 2 is 1.86 bits per heavy atom. The number of rotatable bonds is 6. The van der Waals surface area contributed by atoms with Crippen molar-refractivity contribution in [2.75, 3.05) is 18.5 Å². The van der Waals surface area contributed by atoms with Crippen molar-refractivity contribution in [1.82, 2.24) is 5.32 Å². The van der Waals surface area contributed by atoms with Crippen LogP contribution in [-0.2, 0) is 6.54 Å². The zero-order chi connectivity index (χ0) is 15.2. The lowest BCUT2D eigenvalue weighted by molar-refractivity contribution is 0.598. The van der Waals surface area contributed by atoms with Crippen LogP contribution in [0.4, 0.5) is 5.69 Å². The number of benzene rings is 2. The molecule has 21 heavy (non-hydrogen) atoms. The third-order valence-corrected chi connectivity index (χ3v) is 3.96. The van der Waals surface area contributed by atoms with E-state index in [-0.39, 0.29) is 0 Å². The summed E-state index contributed by atoms with van der Waals surface area (Å²) in [7, 11) is 2.07. The molecule has 0 saturated heterocycles. The lowest BCUT2D eigenvalue weighted by Gasteiger charge is -2.22. The molecule has 0 spiro atoms. The molecule has 2 nitrogen and oxygen atoms in total. The van der Waals surface area contributed by atoms with E-state index in [1.807, 2.05) is 6.07 Å². The molecule has 1 atom stereocenters. The van der Waals surface area contributed by atoms with Gasteiger partial charge in [0.05, 0.1) is 10.7 Å². The van der Waals surface area contributed by atoms with Gasteiger partial charge < -0.3 is 10.2 Å². The molecule has 0 radical (unpaired) electrons. The van der Waals surface area contributed by atoms with E-state index in [0.717, 1.165) is 23.8 Å². The van der Waals surface area contributed by atoms with Crippen molar-refractivity contribution in [1.29, 1.82) is 0 Å². The standard InChI is InChI=1S/C18H23ClN2/c1-4-20-14(2)16-10-11-18(17(19)12-16)21(3)13-15-8-6-5-7-9-15/h5-12,14,20H,4,13H2,1-3H3. The van der Waals surface area contributed by atoms with E-state index in [0.29, 0.717) is 6.04 Å². The monoisotopic (exact) mass is 302 g/mol. The largest absolute Gasteiger partial charge is 0.369 e. The molecular formula is C18H23ClN2. The zero-order valence-corrected chi connectivity index (χ0v) is 13.7. The molecule has 0 aliphatic carbocycles. The van der Waals surface area contributed by atoms with Gasteiger partial charge in [-0.05, 0) is 36.7 Å². The third-order valence-electron chi connectivity index (χ3n) is 3.66. The minimum absolute atomic E-state index is 0.320. The van der Waals surface area contributed by atoms with Crippen LogP contribution in [0.3, 0.4) is 0 Å². The van der Waals surface area contributed by atoms with Crippen molar-refractivity contribution in [2.45, 2.75) is 26.4 Å². The fraction of sp³-hybridized carbons (Fsp3) is 0.333. The second-order valence-corrected chi connectivity index (χ2v) is 5.74. The highest BCUT2D eigenvalue weighted by Gasteiger charge is 2.10. The van der Waals surface area contributed by atoms with Gasteiger partial charge in [0.2, 0.25) is 0 Å². The third kappa shape index (κ3) is 4.23. The molecule has 0 fully saturated rings. The summed E-state index contributed by atoms with van der Waals surface area (Å²) in [6.07, 6.45) is 0. The minimum Gasteiger partial charge on any atom is -0.369 e. The van der Waals surface area contributed by atoms with Gasteiger partial charge in [-0.1, -0.05) is 54.9 Å². The first-order valence-corrected chi connectivity index (χ1v) is 7.77. The molecule has 0 heterocycles. The summed E-state index contributed by atoms with van der Waals surface area (Å²) in [6, 6.07) is 17.1. The Morgan fingerprint density at radius 1 is 1.14 bits per heavy atom. The highest BCUT2D eigenvalue weighted by atomic mass is 35.5. The first-order chi connectivity index (χ1) is 10.1.